The molecule has 2 N–H and O–H groups in total. The number of nitrogens with one attached hydrogen (secondary N) is 2. The number of hydrazine groups is 1. The van der Waals surface area contributed by atoms with E-state index in [1.165, 1.54) is 44.7 Å². The molecule has 2 aromatic carbocycles. The Bertz CT molecular complexity index is 1040. The van der Waals surface area contributed by atoms with E-state index < -0.39 is 0 Å². The van der Waals surface area contributed by atoms with Gasteiger partial charge in [0.25, 0.3) is 11.8 Å². The van der Waals surface area contributed by atoms with Crippen molar-refractivity contribution in [2.24, 2.45) is 0 Å². The number of aryl methyl sites for hydroxylation is 4. The molecule has 3 aromatic rings. The lowest BCUT2D eigenvalue weighted by atomic mass is 10.00. The van der Waals surface area contributed by atoms with Crippen molar-refractivity contribution in [1.82, 2.24) is 10.9 Å². The first-order valence-electron chi connectivity index (χ1n) is 8.96. The number of benzene rings is 2. The molecule has 0 bridgehead atoms. The number of thiophene rings is 1. The Hall–Kier alpha value is -2.66. The Morgan fingerprint density at radius 2 is 1.65 bits per heavy atom. The molecule has 0 saturated heterocycles. The van der Waals surface area contributed by atoms with E-state index in [4.69, 9.17) is 0 Å². The van der Waals surface area contributed by atoms with E-state index >= 15 is 0 Å². The second-order valence-electron chi connectivity index (χ2n) is 6.93. The topological polar surface area (TPSA) is 58.2 Å². The Morgan fingerprint density at radius 3 is 2.50 bits per heavy atom. The Morgan fingerprint density at radius 1 is 0.846 bits per heavy atom. The van der Waals surface area contributed by atoms with E-state index in [0.29, 0.717) is 10.4 Å². The van der Waals surface area contributed by atoms with Crippen LogP contribution in [0.3, 0.4) is 0 Å². The van der Waals surface area contributed by atoms with Gasteiger partial charge in [0, 0.05) is 10.4 Å². The molecular formula is C21H18N2O2S. The zero-order valence-corrected chi connectivity index (χ0v) is 15.0. The van der Waals surface area contributed by atoms with Gasteiger partial charge >= 0.3 is 0 Å². The molecule has 0 aliphatic heterocycles. The number of fused-ring (bicyclic) bond motifs is 1. The average Bonchev–Trinajstić information content (AvgIpc) is 3.35. The Balaban J connectivity index is 1.36. The summed E-state index contributed by atoms with van der Waals surface area (Å²) in [4.78, 5) is 27.0. The molecular weight excluding hydrogens is 344 g/mol. The lowest BCUT2D eigenvalue weighted by Crippen LogP contribution is -2.41. The summed E-state index contributed by atoms with van der Waals surface area (Å²) in [5, 5.41) is 2.15. The molecule has 2 aliphatic rings. The summed E-state index contributed by atoms with van der Waals surface area (Å²) in [6, 6.07) is 11.9. The molecule has 0 fully saturated rings. The van der Waals surface area contributed by atoms with Crippen LogP contribution >= 0.6 is 11.3 Å². The molecule has 26 heavy (non-hydrogen) atoms. The minimum absolute atomic E-state index is 0.247. The van der Waals surface area contributed by atoms with E-state index in [9.17, 15) is 9.59 Å². The zero-order chi connectivity index (χ0) is 17.7. The van der Waals surface area contributed by atoms with E-state index in [0.717, 1.165) is 31.1 Å². The first-order chi connectivity index (χ1) is 12.7. The lowest BCUT2D eigenvalue weighted by Gasteiger charge is -2.10. The minimum atomic E-state index is -0.280. The van der Waals surface area contributed by atoms with Crippen molar-refractivity contribution >= 4 is 33.9 Å². The molecule has 1 heterocycles. The zero-order valence-electron chi connectivity index (χ0n) is 14.2. The Kier molecular flexibility index (Phi) is 3.57. The van der Waals surface area contributed by atoms with Crippen LogP contribution in [0.4, 0.5) is 0 Å². The molecule has 0 atom stereocenters. The van der Waals surface area contributed by atoms with Crippen LogP contribution in [0.5, 0.6) is 0 Å². The van der Waals surface area contributed by atoms with Crippen molar-refractivity contribution in [3.63, 3.8) is 0 Å². The van der Waals surface area contributed by atoms with Gasteiger partial charge in [-0.15, -0.1) is 11.3 Å². The van der Waals surface area contributed by atoms with Crippen LogP contribution in [0, 0.1) is 0 Å². The van der Waals surface area contributed by atoms with Crippen molar-refractivity contribution in [2.75, 3.05) is 0 Å². The second kappa shape index (κ2) is 5.95. The fourth-order valence-electron chi connectivity index (χ4n) is 4.13. The highest BCUT2D eigenvalue weighted by molar-refractivity contribution is 7.14. The quantitative estimate of drug-likeness (QED) is 0.685. The molecule has 130 valence electrons. The van der Waals surface area contributed by atoms with Crippen LogP contribution in [0.2, 0.25) is 0 Å². The molecule has 2 aliphatic carbocycles. The number of hydrogen-bond acceptors (Lipinski definition) is 3. The van der Waals surface area contributed by atoms with Crippen molar-refractivity contribution in [3.8, 4) is 0 Å². The predicted octanol–water partition coefficient (Wildman–Crippen LogP) is 3.56. The van der Waals surface area contributed by atoms with Gasteiger partial charge in [-0.2, -0.15) is 0 Å². The lowest BCUT2D eigenvalue weighted by molar-refractivity contribution is 0.0850. The molecule has 2 amide bonds. The molecule has 4 nitrogen and oxygen atoms in total. The van der Waals surface area contributed by atoms with Crippen molar-refractivity contribution in [1.29, 1.82) is 0 Å². The molecule has 1 aromatic heterocycles. The van der Waals surface area contributed by atoms with Gasteiger partial charge in [0.15, 0.2) is 0 Å². The van der Waals surface area contributed by atoms with Crippen LogP contribution in [-0.2, 0) is 25.7 Å². The average molecular weight is 362 g/mol. The summed E-state index contributed by atoms with van der Waals surface area (Å²) in [7, 11) is 0. The molecule has 5 heteroatoms. The van der Waals surface area contributed by atoms with Crippen LogP contribution in [0.15, 0.2) is 36.4 Å². The van der Waals surface area contributed by atoms with E-state index in [1.54, 1.807) is 0 Å². The third-order valence-corrected chi connectivity index (χ3v) is 6.62. The third kappa shape index (κ3) is 2.42. The normalized spacial score (nSPS) is 14.5. The second-order valence-corrected chi connectivity index (χ2v) is 8.07. The van der Waals surface area contributed by atoms with Crippen LogP contribution in [0.25, 0.3) is 10.8 Å². The smallest absolute Gasteiger partial charge is 0.267 e. The Labute approximate surface area is 155 Å². The van der Waals surface area contributed by atoms with E-state index in [1.807, 2.05) is 30.3 Å². The van der Waals surface area contributed by atoms with E-state index in [2.05, 4.69) is 16.9 Å². The number of rotatable bonds is 2. The first kappa shape index (κ1) is 15.6. The van der Waals surface area contributed by atoms with Gasteiger partial charge in [-0.1, -0.05) is 24.3 Å². The summed E-state index contributed by atoms with van der Waals surface area (Å²) in [5.41, 5.74) is 9.62. The molecule has 0 saturated carbocycles. The predicted molar refractivity (Wildman–Crippen MR) is 103 cm³/mol. The van der Waals surface area contributed by atoms with Crippen LogP contribution in [0.1, 0.15) is 48.0 Å². The highest BCUT2D eigenvalue weighted by Crippen LogP contribution is 2.33. The van der Waals surface area contributed by atoms with Crippen molar-refractivity contribution in [3.05, 3.63) is 68.4 Å². The third-order valence-electron chi connectivity index (χ3n) is 5.38. The van der Waals surface area contributed by atoms with Gasteiger partial charge in [-0.25, -0.2) is 0 Å². The minimum Gasteiger partial charge on any atom is -0.267 e. The van der Waals surface area contributed by atoms with Gasteiger partial charge in [0.05, 0.1) is 4.88 Å². The number of carbonyl (C=O) groups is 2. The highest BCUT2D eigenvalue weighted by atomic mass is 32.1. The summed E-state index contributed by atoms with van der Waals surface area (Å²) in [6.45, 7) is 0. The van der Waals surface area contributed by atoms with E-state index in [-0.39, 0.29) is 11.8 Å². The molecule has 5 rings (SSSR count). The summed E-state index contributed by atoms with van der Waals surface area (Å²) < 4.78 is 0. The number of hydrogen-bond donors (Lipinski definition) is 2. The highest BCUT2D eigenvalue weighted by Gasteiger charge is 2.21. The van der Waals surface area contributed by atoms with Gasteiger partial charge in [0.2, 0.25) is 0 Å². The number of carbonyl (C=O) groups excluding carboxylic acids is 2. The summed E-state index contributed by atoms with van der Waals surface area (Å²) in [6.07, 6.45) is 5.33. The van der Waals surface area contributed by atoms with Crippen molar-refractivity contribution in [2.45, 2.75) is 32.1 Å². The molecule has 0 unspecified atom stereocenters. The van der Waals surface area contributed by atoms with Gasteiger partial charge in [-0.05, 0) is 71.7 Å². The van der Waals surface area contributed by atoms with Crippen LogP contribution in [-0.4, -0.2) is 11.8 Å². The van der Waals surface area contributed by atoms with Crippen LogP contribution < -0.4 is 10.9 Å². The largest absolute Gasteiger partial charge is 0.279 e. The number of amides is 2. The fraction of sp³-hybridized carbons (Fsp3) is 0.238. The fourth-order valence-corrected chi connectivity index (χ4v) is 5.28. The van der Waals surface area contributed by atoms with Gasteiger partial charge in [0.1, 0.15) is 0 Å². The maximum atomic E-state index is 12.7. The van der Waals surface area contributed by atoms with Gasteiger partial charge in [-0.3, -0.25) is 20.4 Å². The molecule has 0 spiro atoms. The first-order valence-corrected chi connectivity index (χ1v) is 9.78. The van der Waals surface area contributed by atoms with Gasteiger partial charge < -0.3 is 0 Å². The SMILES string of the molecule is O=C(NNC(=O)c1ccc2c3c(cccc13)CC2)c1cc2c(s1)CCC2. The summed E-state index contributed by atoms with van der Waals surface area (Å²) >= 11 is 1.53. The monoisotopic (exact) mass is 362 g/mol. The maximum Gasteiger partial charge on any atom is 0.279 e. The standard InChI is InChI=1S/C21H18N2O2S/c24-20(22-23-21(25)18-11-14-4-2-6-17(14)26-18)16-10-9-13-8-7-12-3-1-5-15(16)19(12)13/h1,3,5,9-11H,2,4,6-8H2,(H,22,24)(H,23,25). The summed E-state index contributed by atoms with van der Waals surface area (Å²) in [5.74, 6) is -0.526. The maximum absolute atomic E-state index is 12.7. The molecule has 0 radical (unpaired) electrons. The van der Waals surface area contributed by atoms with Crippen molar-refractivity contribution < 1.29 is 9.59 Å².